The maximum absolute atomic E-state index is 13.1. The monoisotopic (exact) mass is 365 g/mol. The third-order valence-corrected chi connectivity index (χ3v) is 4.04. The van der Waals surface area contributed by atoms with E-state index in [1.54, 1.807) is 41.5 Å². The van der Waals surface area contributed by atoms with E-state index in [-0.39, 0.29) is 11.1 Å². The summed E-state index contributed by atoms with van der Waals surface area (Å²) in [6.07, 6.45) is 6.95. The summed E-state index contributed by atoms with van der Waals surface area (Å²) >= 11 is 5.95. The minimum absolute atomic E-state index is 0.172. The minimum Gasteiger partial charge on any atom is -0.267 e. The fourth-order valence-electron chi connectivity index (χ4n) is 2.67. The summed E-state index contributed by atoms with van der Waals surface area (Å²) in [6.45, 7) is 0.506. The predicted octanol–water partition coefficient (Wildman–Crippen LogP) is 4.24. The van der Waals surface area contributed by atoms with Crippen molar-refractivity contribution in [1.82, 2.24) is 24.7 Å². The number of rotatable bonds is 4. The first-order valence-corrected chi connectivity index (χ1v) is 8.28. The molecule has 0 saturated heterocycles. The van der Waals surface area contributed by atoms with Crippen LogP contribution in [-0.2, 0) is 6.54 Å². The van der Waals surface area contributed by atoms with Gasteiger partial charge in [-0.15, -0.1) is 0 Å². The quantitative estimate of drug-likeness (QED) is 0.507. The molecule has 0 aliphatic heterocycles. The average Bonchev–Trinajstić information content (AvgIpc) is 3.08. The summed E-state index contributed by atoms with van der Waals surface area (Å²) in [6, 6.07) is 11.9. The fraction of sp³-hybridized carbons (Fsp3) is 0.0526. The van der Waals surface area contributed by atoms with Crippen LogP contribution in [0.2, 0.25) is 5.28 Å². The molecule has 128 valence electrons. The molecule has 0 aliphatic rings. The van der Waals surface area contributed by atoms with Crippen LogP contribution in [-0.4, -0.2) is 24.7 Å². The van der Waals surface area contributed by atoms with E-state index in [0.717, 1.165) is 22.4 Å². The van der Waals surface area contributed by atoms with Crippen LogP contribution in [0.1, 0.15) is 5.56 Å². The number of benzene rings is 1. The van der Waals surface area contributed by atoms with Gasteiger partial charge in [0.25, 0.3) is 0 Å². The van der Waals surface area contributed by atoms with Gasteiger partial charge < -0.3 is 0 Å². The molecule has 0 bridgehead atoms. The zero-order chi connectivity index (χ0) is 17.9. The van der Waals surface area contributed by atoms with Crippen molar-refractivity contribution in [3.8, 4) is 22.5 Å². The van der Waals surface area contributed by atoms with Crippen LogP contribution in [0.4, 0.5) is 4.39 Å². The van der Waals surface area contributed by atoms with Crippen molar-refractivity contribution in [2.24, 2.45) is 0 Å². The Labute approximate surface area is 154 Å². The lowest BCUT2D eigenvalue weighted by Crippen LogP contribution is -2.00. The Morgan fingerprint density at radius 1 is 1.04 bits per heavy atom. The summed E-state index contributed by atoms with van der Waals surface area (Å²) < 4.78 is 14.9. The molecule has 0 aliphatic carbocycles. The molecule has 0 fully saturated rings. The van der Waals surface area contributed by atoms with Gasteiger partial charge in [0, 0.05) is 35.9 Å². The molecule has 3 heterocycles. The lowest BCUT2D eigenvalue weighted by atomic mass is 10.1. The number of aromatic nitrogens is 5. The largest absolute Gasteiger partial charge is 0.267 e. The van der Waals surface area contributed by atoms with Crippen molar-refractivity contribution in [2.45, 2.75) is 6.54 Å². The number of hydrogen-bond acceptors (Lipinski definition) is 4. The molecule has 4 aromatic rings. The zero-order valence-electron chi connectivity index (χ0n) is 13.5. The summed E-state index contributed by atoms with van der Waals surface area (Å²) in [5, 5.41) is 4.86. The Balaban J connectivity index is 1.78. The van der Waals surface area contributed by atoms with E-state index in [1.807, 2.05) is 18.3 Å². The molecule has 0 unspecified atom stereocenters. The van der Waals surface area contributed by atoms with E-state index in [2.05, 4.69) is 20.1 Å². The van der Waals surface area contributed by atoms with Crippen LogP contribution in [0, 0.1) is 5.82 Å². The van der Waals surface area contributed by atoms with Crippen LogP contribution in [0.25, 0.3) is 22.5 Å². The molecule has 0 amide bonds. The molecule has 3 aromatic heterocycles. The van der Waals surface area contributed by atoms with Gasteiger partial charge >= 0.3 is 0 Å². The van der Waals surface area contributed by atoms with E-state index in [1.165, 1.54) is 12.1 Å². The molecule has 1 aromatic carbocycles. The molecule has 7 heteroatoms. The Hall–Kier alpha value is -3.12. The molecule has 0 N–H and O–H groups in total. The molecule has 26 heavy (non-hydrogen) atoms. The molecule has 0 atom stereocenters. The van der Waals surface area contributed by atoms with E-state index in [4.69, 9.17) is 11.6 Å². The van der Waals surface area contributed by atoms with Crippen molar-refractivity contribution < 1.29 is 4.39 Å². The van der Waals surface area contributed by atoms with Crippen LogP contribution in [0.5, 0.6) is 0 Å². The van der Waals surface area contributed by atoms with Gasteiger partial charge in [-0.25, -0.2) is 14.4 Å². The SMILES string of the molecule is Fc1ccc(Cn2cc(-c3ccnc(Cl)n3)c(-c3cccnc3)n2)cc1. The van der Waals surface area contributed by atoms with Gasteiger partial charge in [0.05, 0.1) is 12.2 Å². The van der Waals surface area contributed by atoms with Gasteiger partial charge in [0.2, 0.25) is 5.28 Å². The second-order valence-electron chi connectivity index (χ2n) is 5.67. The first kappa shape index (κ1) is 16.4. The normalized spacial score (nSPS) is 10.8. The molecular weight excluding hydrogens is 353 g/mol. The van der Waals surface area contributed by atoms with Crippen molar-refractivity contribution in [3.63, 3.8) is 0 Å². The highest BCUT2D eigenvalue weighted by Crippen LogP contribution is 2.30. The smallest absolute Gasteiger partial charge is 0.222 e. The van der Waals surface area contributed by atoms with Crippen LogP contribution in [0.15, 0.2) is 67.3 Å². The lowest BCUT2D eigenvalue weighted by Gasteiger charge is -2.01. The average molecular weight is 366 g/mol. The maximum atomic E-state index is 13.1. The minimum atomic E-state index is -0.262. The van der Waals surface area contributed by atoms with Crippen LogP contribution < -0.4 is 0 Å². The Bertz CT molecular complexity index is 1030. The van der Waals surface area contributed by atoms with Crippen molar-refractivity contribution in [3.05, 3.63) is 83.9 Å². The van der Waals surface area contributed by atoms with Crippen molar-refractivity contribution in [2.75, 3.05) is 0 Å². The highest BCUT2D eigenvalue weighted by molar-refractivity contribution is 6.28. The molecule has 0 radical (unpaired) electrons. The Morgan fingerprint density at radius 2 is 1.88 bits per heavy atom. The van der Waals surface area contributed by atoms with Crippen LogP contribution >= 0.6 is 11.6 Å². The molecular formula is C19H13ClFN5. The van der Waals surface area contributed by atoms with E-state index >= 15 is 0 Å². The summed E-state index contributed by atoms with van der Waals surface area (Å²) in [4.78, 5) is 12.4. The zero-order valence-corrected chi connectivity index (χ0v) is 14.3. The second-order valence-corrected chi connectivity index (χ2v) is 6.01. The summed E-state index contributed by atoms with van der Waals surface area (Å²) in [7, 11) is 0. The Kier molecular flexibility index (Phi) is 4.41. The standard InChI is InChI=1S/C19H13ClFN5/c20-19-23-9-7-17(24-19)16-12-26(11-13-3-5-15(21)6-4-13)25-18(16)14-2-1-8-22-10-14/h1-10,12H,11H2. The van der Waals surface area contributed by atoms with Crippen molar-refractivity contribution in [1.29, 1.82) is 0 Å². The lowest BCUT2D eigenvalue weighted by molar-refractivity contribution is 0.624. The molecule has 0 spiro atoms. The molecule has 5 nitrogen and oxygen atoms in total. The highest BCUT2D eigenvalue weighted by atomic mass is 35.5. The summed E-state index contributed by atoms with van der Waals surface area (Å²) in [5.41, 5.74) is 4.06. The van der Waals surface area contributed by atoms with Gasteiger partial charge in [-0.2, -0.15) is 5.10 Å². The highest BCUT2D eigenvalue weighted by Gasteiger charge is 2.15. The van der Waals surface area contributed by atoms with Crippen molar-refractivity contribution >= 4 is 11.6 Å². The molecule has 4 rings (SSSR count). The first-order chi connectivity index (χ1) is 12.7. The second kappa shape index (κ2) is 7.01. The Morgan fingerprint density at radius 3 is 2.62 bits per heavy atom. The molecule has 0 saturated carbocycles. The topological polar surface area (TPSA) is 56.5 Å². The first-order valence-electron chi connectivity index (χ1n) is 7.90. The van der Waals surface area contributed by atoms with Crippen LogP contribution in [0.3, 0.4) is 0 Å². The third-order valence-electron chi connectivity index (χ3n) is 3.86. The van der Waals surface area contributed by atoms with Gasteiger partial charge in [-0.05, 0) is 47.5 Å². The maximum Gasteiger partial charge on any atom is 0.222 e. The fourth-order valence-corrected chi connectivity index (χ4v) is 2.82. The predicted molar refractivity (Wildman–Crippen MR) is 97.0 cm³/mol. The van der Waals surface area contributed by atoms with Gasteiger partial charge in [0.1, 0.15) is 11.5 Å². The van der Waals surface area contributed by atoms with Gasteiger partial charge in [0.15, 0.2) is 0 Å². The summed E-state index contributed by atoms with van der Waals surface area (Å²) in [5.74, 6) is -0.262. The van der Waals surface area contributed by atoms with E-state index < -0.39 is 0 Å². The van der Waals surface area contributed by atoms with Gasteiger partial charge in [-0.1, -0.05) is 12.1 Å². The van der Waals surface area contributed by atoms with Gasteiger partial charge in [-0.3, -0.25) is 9.67 Å². The number of nitrogens with zero attached hydrogens (tertiary/aromatic N) is 5. The number of hydrogen-bond donors (Lipinski definition) is 0. The number of halogens is 2. The number of pyridine rings is 1. The van der Waals surface area contributed by atoms with E-state index in [9.17, 15) is 4.39 Å². The third kappa shape index (κ3) is 3.45. The van der Waals surface area contributed by atoms with E-state index in [0.29, 0.717) is 12.2 Å².